The third-order valence-corrected chi connectivity index (χ3v) is 2.12. The maximum Gasteiger partial charge on any atom is 0.199 e. The third-order valence-electron chi connectivity index (χ3n) is 2.12. The number of fused-ring (bicyclic) bond motifs is 3. The first-order valence-electron chi connectivity index (χ1n) is 3.91. The zero-order valence-corrected chi connectivity index (χ0v) is 6.45. The highest BCUT2D eigenvalue weighted by Crippen LogP contribution is 2.17. The Balaban J connectivity index is 2.34. The molecule has 1 N–H and O–H groups in total. The molecule has 62 valence electrons. The summed E-state index contributed by atoms with van der Waals surface area (Å²) in [6.45, 7) is 2.22. The Kier molecular flexibility index (Phi) is 1.07. The van der Waals surface area contributed by atoms with E-state index in [1.165, 1.54) is 0 Å². The van der Waals surface area contributed by atoms with Crippen molar-refractivity contribution in [2.24, 2.45) is 0 Å². The van der Waals surface area contributed by atoms with Crippen LogP contribution in [0.1, 0.15) is 5.69 Å². The molecule has 12 heavy (non-hydrogen) atoms. The van der Waals surface area contributed by atoms with E-state index < -0.39 is 0 Å². The van der Waals surface area contributed by atoms with Gasteiger partial charge in [0.15, 0.2) is 5.65 Å². The number of ether oxygens (including phenoxy) is 1. The summed E-state index contributed by atoms with van der Waals surface area (Å²) in [4.78, 5) is 7.13. The first kappa shape index (κ1) is 6.19. The maximum atomic E-state index is 5.32. The molecule has 2 aromatic rings. The van der Waals surface area contributed by atoms with Crippen molar-refractivity contribution in [1.29, 1.82) is 0 Å². The summed E-state index contributed by atoms with van der Waals surface area (Å²) in [7, 11) is 0. The number of H-pyrrole nitrogens is 1. The van der Waals surface area contributed by atoms with Gasteiger partial charge in [-0.15, -0.1) is 0 Å². The standard InChI is InChI=1S/C7H8N4O/c1-2-12-3-5-6-7(9-4-8-6)10-11(1)5/h4H,1-3H2,(H,8,9,10). The molecular weight excluding hydrogens is 156 g/mol. The highest BCUT2D eigenvalue weighted by Gasteiger charge is 2.16. The van der Waals surface area contributed by atoms with Gasteiger partial charge in [-0.2, -0.15) is 5.10 Å². The lowest BCUT2D eigenvalue weighted by Gasteiger charge is -2.13. The summed E-state index contributed by atoms with van der Waals surface area (Å²) in [5.41, 5.74) is 2.90. The Morgan fingerprint density at radius 3 is 3.58 bits per heavy atom. The smallest absolute Gasteiger partial charge is 0.199 e. The van der Waals surface area contributed by atoms with Crippen molar-refractivity contribution in [3.05, 3.63) is 12.0 Å². The van der Waals surface area contributed by atoms with Crippen LogP contribution in [0, 0.1) is 0 Å². The highest BCUT2D eigenvalue weighted by molar-refractivity contribution is 5.73. The lowest BCUT2D eigenvalue weighted by atomic mass is 10.4. The molecule has 1 aliphatic heterocycles. The number of hydrogen-bond acceptors (Lipinski definition) is 3. The van der Waals surface area contributed by atoms with Gasteiger partial charge in [-0.05, 0) is 0 Å². The van der Waals surface area contributed by atoms with Gasteiger partial charge in [0.1, 0.15) is 5.52 Å². The van der Waals surface area contributed by atoms with Gasteiger partial charge in [0, 0.05) is 0 Å². The van der Waals surface area contributed by atoms with Crippen LogP contribution in [-0.2, 0) is 17.9 Å². The minimum Gasteiger partial charge on any atom is -0.373 e. The minimum absolute atomic E-state index is 0.638. The topological polar surface area (TPSA) is 55.7 Å². The van der Waals surface area contributed by atoms with E-state index in [9.17, 15) is 0 Å². The molecule has 0 spiro atoms. The molecule has 0 bridgehead atoms. The Labute approximate surface area is 68.4 Å². The van der Waals surface area contributed by atoms with Crippen molar-refractivity contribution in [3.8, 4) is 0 Å². The van der Waals surface area contributed by atoms with Gasteiger partial charge in [0.25, 0.3) is 0 Å². The molecule has 0 aliphatic carbocycles. The number of nitrogens with one attached hydrogen (secondary N) is 1. The average molecular weight is 164 g/mol. The lowest BCUT2D eigenvalue weighted by Crippen LogP contribution is -2.17. The van der Waals surface area contributed by atoms with Gasteiger partial charge >= 0.3 is 0 Å². The maximum absolute atomic E-state index is 5.32. The molecule has 0 aromatic carbocycles. The van der Waals surface area contributed by atoms with E-state index in [1.807, 2.05) is 4.68 Å². The molecule has 5 nitrogen and oxygen atoms in total. The fourth-order valence-electron chi connectivity index (χ4n) is 1.53. The lowest BCUT2D eigenvalue weighted by molar-refractivity contribution is 0.0810. The molecule has 0 fully saturated rings. The van der Waals surface area contributed by atoms with Crippen LogP contribution in [0.25, 0.3) is 11.2 Å². The average Bonchev–Trinajstić information content (AvgIpc) is 2.62. The van der Waals surface area contributed by atoms with Gasteiger partial charge in [0.05, 0.1) is 31.8 Å². The number of aromatic amines is 1. The van der Waals surface area contributed by atoms with Gasteiger partial charge in [0.2, 0.25) is 0 Å². The van der Waals surface area contributed by atoms with Crippen molar-refractivity contribution >= 4 is 11.2 Å². The van der Waals surface area contributed by atoms with Crippen LogP contribution in [0.2, 0.25) is 0 Å². The van der Waals surface area contributed by atoms with E-state index >= 15 is 0 Å². The molecule has 3 rings (SSSR count). The highest BCUT2D eigenvalue weighted by atomic mass is 16.5. The second-order valence-electron chi connectivity index (χ2n) is 2.82. The van der Waals surface area contributed by atoms with Crippen molar-refractivity contribution < 1.29 is 4.74 Å². The number of rotatable bonds is 0. The fourth-order valence-corrected chi connectivity index (χ4v) is 1.53. The Hall–Kier alpha value is -1.36. The van der Waals surface area contributed by atoms with Gasteiger partial charge < -0.3 is 9.72 Å². The molecule has 0 atom stereocenters. The predicted molar refractivity (Wildman–Crippen MR) is 41.5 cm³/mol. The molecule has 5 heteroatoms. The van der Waals surface area contributed by atoms with Gasteiger partial charge in [-0.1, -0.05) is 0 Å². The van der Waals surface area contributed by atoms with Gasteiger partial charge in [-0.3, -0.25) is 4.68 Å². The van der Waals surface area contributed by atoms with Gasteiger partial charge in [-0.25, -0.2) is 4.98 Å². The first-order chi connectivity index (χ1) is 5.95. The van der Waals surface area contributed by atoms with Crippen molar-refractivity contribution in [2.75, 3.05) is 6.61 Å². The van der Waals surface area contributed by atoms with Crippen LogP contribution in [0.15, 0.2) is 6.33 Å². The van der Waals surface area contributed by atoms with Crippen LogP contribution in [-0.4, -0.2) is 26.4 Å². The third kappa shape index (κ3) is 0.660. The Morgan fingerprint density at radius 2 is 2.58 bits per heavy atom. The number of aromatic nitrogens is 4. The molecule has 1 aliphatic rings. The summed E-state index contributed by atoms with van der Waals surface area (Å²) in [5.74, 6) is 0. The normalized spacial score (nSPS) is 16.7. The zero-order chi connectivity index (χ0) is 7.97. The Morgan fingerprint density at radius 1 is 1.58 bits per heavy atom. The summed E-state index contributed by atoms with van der Waals surface area (Å²) >= 11 is 0. The van der Waals surface area contributed by atoms with E-state index in [4.69, 9.17) is 4.74 Å². The Bertz CT molecular complexity index is 416. The van der Waals surface area contributed by atoms with E-state index in [-0.39, 0.29) is 0 Å². The number of nitrogens with zero attached hydrogens (tertiary/aromatic N) is 3. The monoisotopic (exact) mass is 164 g/mol. The van der Waals surface area contributed by atoms with E-state index in [2.05, 4.69) is 15.1 Å². The largest absolute Gasteiger partial charge is 0.373 e. The number of hydrogen-bond donors (Lipinski definition) is 1. The fraction of sp³-hybridized carbons (Fsp3) is 0.429. The molecule has 2 aromatic heterocycles. The predicted octanol–water partition coefficient (Wildman–Crippen LogP) is 0.290. The minimum atomic E-state index is 0.638. The summed E-state index contributed by atoms with van der Waals surface area (Å²) in [6, 6.07) is 0. The molecule has 3 heterocycles. The van der Waals surface area contributed by atoms with Crippen LogP contribution < -0.4 is 0 Å². The van der Waals surface area contributed by atoms with E-state index in [0.29, 0.717) is 6.61 Å². The SMILES string of the molecule is c1nc2nn3c(c2[nH]1)COCC3. The molecule has 0 saturated heterocycles. The number of imidazole rings is 1. The van der Waals surface area contributed by atoms with Crippen molar-refractivity contribution in [1.82, 2.24) is 19.7 Å². The summed E-state index contributed by atoms with van der Waals surface area (Å²) in [6.07, 6.45) is 1.66. The molecule has 0 radical (unpaired) electrons. The van der Waals surface area contributed by atoms with Crippen LogP contribution in [0.3, 0.4) is 0 Å². The second-order valence-corrected chi connectivity index (χ2v) is 2.82. The summed E-state index contributed by atoms with van der Waals surface area (Å²) in [5, 5.41) is 4.31. The molecule has 0 amide bonds. The van der Waals surface area contributed by atoms with Crippen LogP contribution >= 0.6 is 0 Å². The van der Waals surface area contributed by atoms with E-state index in [1.54, 1.807) is 6.33 Å². The van der Waals surface area contributed by atoms with Crippen LogP contribution in [0.4, 0.5) is 0 Å². The second kappa shape index (κ2) is 2.07. The molecule has 0 unspecified atom stereocenters. The van der Waals surface area contributed by atoms with Crippen molar-refractivity contribution in [3.63, 3.8) is 0 Å². The van der Waals surface area contributed by atoms with Crippen molar-refractivity contribution in [2.45, 2.75) is 13.2 Å². The summed E-state index contributed by atoms with van der Waals surface area (Å²) < 4.78 is 7.28. The van der Waals surface area contributed by atoms with E-state index in [0.717, 1.165) is 30.0 Å². The van der Waals surface area contributed by atoms with Crippen LogP contribution in [0.5, 0.6) is 0 Å². The first-order valence-corrected chi connectivity index (χ1v) is 3.91. The quantitative estimate of drug-likeness (QED) is 0.608. The molecule has 0 saturated carbocycles. The zero-order valence-electron chi connectivity index (χ0n) is 6.45. The molecular formula is C7H8N4O.